The molecule has 0 aliphatic heterocycles. The Morgan fingerprint density at radius 2 is 1.53 bits per heavy atom. The summed E-state index contributed by atoms with van der Waals surface area (Å²) in [6.45, 7) is 21.4. The van der Waals surface area contributed by atoms with Crippen molar-refractivity contribution in [2.24, 2.45) is 5.92 Å². The molecule has 0 saturated carbocycles. The van der Waals surface area contributed by atoms with Gasteiger partial charge in [-0.05, 0) is 84.4 Å². The van der Waals surface area contributed by atoms with E-state index in [0.29, 0.717) is 6.54 Å². The highest BCUT2D eigenvalue weighted by Gasteiger charge is 2.43. The molecule has 0 aromatic heterocycles. The Balaban J connectivity index is 3.57. The first kappa shape index (κ1) is 31.5. The largest absolute Gasteiger partial charge is 0.444 e. The van der Waals surface area contributed by atoms with E-state index in [9.17, 15) is 14.4 Å². The summed E-state index contributed by atoms with van der Waals surface area (Å²) < 4.78 is 5.44. The van der Waals surface area contributed by atoms with E-state index in [-0.39, 0.29) is 17.7 Å². The number of benzene rings is 1. The van der Waals surface area contributed by atoms with Crippen LogP contribution in [0.4, 0.5) is 4.79 Å². The second-order valence-electron chi connectivity index (χ2n) is 12.0. The number of nitrogens with zero attached hydrogens (tertiary/aromatic N) is 1. The molecule has 1 aromatic carbocycles. The molecule has 0 aliphatic carbocycles. The average Bonchev–Trinajstić information content (AvgIpc) is 2.71. The molecule has 0 spiro atoms. The van der Waals surface area contributed by atoms with Crippen LogP contribution in [0.15, 0.2) is 18.2 Å². The number of carbonyl (C=O) groups excluding carboxylic acids is 3. The van der Waals surface area contributed by atoms with Crippen LogP contribution in [0, 0.1) is 19.8 Å². The monoisotopic (exact) mass is 503 g/mol. The van der Waals surface area contributed by atoms with Crippen LogP contribution in [0.5, 0.6) is 0 Å². The quantitative estimate of drug-likeness (QED) is 0.393. The van der Waals surface area contributed by atoms with Crippen molar-refractivity contribution in [1.29, 1.82) is 0 Å². The van der Waals surface area contributed by atoms with Crippen LogP contribution in [-0.2, 0) is 14.3 Å². The third kappa shape index (κ3) is 9.14. The van der Waals surface area contributed by atoms with Gasteiger partial charge >= 0.3 is 6.09 Å². The summed E-state index contributed by atoms with van der Waals surface area (Å²) in [5, 5.41) is 5.85. The molecule has 2 unspecified atom stereocenters. The minimum Gasteiger partial charge on any atom is -0.444 e. The molecule has 1 aromatic rings. The number of nitrogens with one attached hydrogen (secondary N) is 2. The predicted molar refractivity (Wildman–Crippen MR) is 146 cm³/mol. The summed E-state index contributed by atoms with van der Waals surface area (Å²) in [6.07, 6.45) is 2.29. The van der Waals surface area contributed by atoms with Gasteiger partial charge in [0, 0.05) is 12.1 Å². The fraction of sp³-hybridized carbons (Fsp3) is 0.690. The number of alkyl carbamates (subject to hydrolysis) is 1. The molecule has 204 valence electrons. The summed E-state index contributed by atoms with van der Waals surface area (Å²) in [6, 6.07) is 4.17. The maximum absolute atomic E-state index is 14.2. The minimum atomic E-state index is -0.862. The van der Waals surface area contributed by atoms with Gasteiger partial charge in [0.05, 0.1) is 0 Å². The van der Waals surface area contributed by atoms with E-state index in [1.54, 1.807) is 25.7 Å². The number of aryl methyl sites for hydroxylation is 2. The molecular weight excluding hydrogens is 454 g/mol. The van der Waals surface area contributed by atoms with Crippen molar-refractivity contribution >= 4 is 17.9 Å². The van der Waals surface area contributed by atoms with E-state index in [4.69, 9.17) is 4.74 Å². The SMILES string of the molecule is CCCCCNC(=O)C(c1c(C)cccc1C)N(C(=O)C(NC(=O)OC(C)(C)C)C(C)C)C(C)(C)C. The molecule has 0 bridgehead atoms. The van der Waals surface area contributed by atoms with Gasteiger partial charge in [-0.3, -0.25) is 9.59 Å². The van der Waals surface area contributed by atoms with E-state index < -0.39 is 29.3 Å². The summed E-state index contributed by atoms with van der Waals surface area (Å²) >= 11 is 0. The zero-order valence-corrected chi connectivity index (χ0v) is 24.4. The van der Waals surface area contributed by atoms with Gasteiger partial charge in [-0.15, -0.1) is 0 Å². The summed E-state index contributed by atoms with van der Waals surface area (Å²) in [4.78, 5) is 42.3. The van der Waals surface area contributed by atoms with E-state index in [1.165, 1.54) is 0 Å². The van der Waals surface area contributed by atoms with Gasteiger partial charge in [0.25, 0.3) is 0 Å². The highest BCUT2D eigenvalue weighted by molar-refractivity contribution is 5.93. The van der Waals surface area contributed by atoms with Gasteiger partial charge in [0.2, 0.25) is 11.8 Å². The topological polar surface area (TPSA) is 87.7 Å². The Morgan fingerprint density at radius 1 is 0.972 bits per heavy atom. The van der Waals surface area contributed by atoms with Crippen LogP contribution < -0.4 is 10.6 Å². The van der Waals surface area contributed by atoms with E-state index in [2.05, 4.69) is 17.6 Å². The third-order valence-electron chi connectivity index (χ3n) is 5.97. The molecule has 7 nitrogen and oxygen atoms in total. The van der Waals surface area contributed by atoms with Crippen LogP contribution in [0.1, 0.15) is 104 Å². The van der Waals surface area contributed by atoms with E-state index >= 15 is 0 Å². The molecule has 1 rings (SSSR count). The van der Waals surface area contributed by atoms with Crippen molar-refractivity contribution in [3.63, 3.8) is 0 Å². The number of unbranched alkanes of at least 4 members (excludes halogenated alkanes) is 2. The van der Waals surface area contributed by atoms with Crippen LogP contribution >= 0.6 is 0 Å². The summed E-state index contributed by atoms with van der Waals surface area (Å²) in [5.41, 5.74) is 1.28. The van der Waals surface area contributed by atoms with Gasteiger partial charge in [0.15, 0.2) is 0 Å². The molecule has 0 fully saturated rings. The van der Waals surface area contributed by atoms with Crippen LogP contribution in [0.2, 0.25) is 0 Å². The number of ether oxygens (including phenoxy) is 1. The summed E-state index contributed by atoms with van der Waals surface area (Å²) in [5.74, 6) is -0.757. The first-order chi connectivity index (χ1) is 16.5. The number of amides is 3. The Hall–Kier alpha value is -2.57. The molecular formula is C29H49N3O4. The maximum Gasteiger partial charge on any atom is 0.408 e. The van der Waals surface area contributed by atoms with E-state index in [1.807, 2.05) is 66.7 Å². The van der Waals surface area contributed by atoms with Crippen molar-refractivity contribution in [2.45, 2.75) is 119 Å². The lowest BCUT2D eigenvalue weighted by atomic mass is 9.89. The first-order valence-electron chi connectivity index (χ1n) is 13.2. The molecule has 0 aliphatic rings. The normalized spacial score (nSPS) is 13.7. The summed E-state index contributed by atoms with van der Waals surface area (Å²) in [7, 11) is 0. The molecule has 2 atom stereocenters. The molecule has 7 heteroatoms. The number of carbonyl (C=O) groups is 3. The highest BCUT2D eigenvalue weighted by atomic mass is 16.6. The van der Waals surface area contributed by atoms with Crippen molar-refractivity contribution in [3.05, 3.63) is 34.9 Å². The Kier molecular flexibility index (Phi) is 11.5. The van der Waals surface area contributed by atoms with Gasteiger partial charge in [0.1, 0.15) is 17.7 Å². The smallest absolute Gasteiger partial charge is 0.408 e. The molecule has 36 heavy (non-hydrogen) atoms. The Labute approximate surface area is 218 Å². The van der Waals surface area contributed by atoms with Crippen molar-refractivity contribution in [2.75, 3.05) is 6.54 Å². The van der Waals surface area contributed by atoms with Crippen LogP contribution in [-0.4, -0.2) is 46.5 Å². The van der Waals surface area contributed by atoms with Crippen molar-refractivity contribution < 1.29 is 19.1 Å². The Bertz CT molecular complexity index is 877. The second-order valence-corrected chi connectivity index (χ2v) is 12.0. The van der Waals surface area contributed by atoms with Crippen molar-refractivity contribution in [3.8, 4) is 0 Å². The van der Waals surface area contributed by atoms with E-state index in [0.717, 1.165) is 36.0 Å². The second kappa shape index (κ2) is 13.1. The molecule has 0 saturated heterocycles. The van der Waals surface area contributed by atoms with Gasteiger partial charge in [-0.2, -0.15) is 0 Å². The highest BCUT2D eigenvalue weighted by Crippen LogP contribution is 2.34. The zero-order valence-electron chi connectivity index (χ0n) is 24.4. The molecule has 2 N–H and O–H groups in total. The fourth-order valence-electron chi connectivity index (χ4n) is 4.26. The van der Waals surface area contributed by atoms with Gasteiger partial charge in [-0.1, -0.05) is 51.8 Å². The lowest BCUT2D eigenvalue weighted by Crippen LogP contribution is -2.60. The lowest BCUT2D eigenvalue weighted by molar-refractivity contribution is -0.149. The standard InChI is InChI=1S/C29H49N3O4/c1-12-13-14-18-30-25(33)24(22-20(4)16-15-17-21(22)5)32(28(6,7)8)26(34)23(19(2)3)31-27(35)36-29(9,10)11/h15-17,19,23-24H,12-14,18H2,1-11H3,(H,30,33)(H,31,35). The van der Waals surface area contributed by atoms with Crippen LogP contribution in [0.25, 0.3) is 0 Å². The Morgan fingerprint density at radius 3 is 1.97 bits per heavy atom. The number of hydrogen-bond acceptors (Lipinski definition) is 4. The fourth-order valence-corrected chi connectivity index (χ4v) is 4.26. The molecule has 0 radical (unpaired) electrons. The van der Waals surface area contributed by atoms with Crippen LogP contribution in [0.3, 0.4) is 0 Å². The zero-order chi connectivity index (χ0) is 27.8. The molecule has 3 amide bonds. The molecule has 0 heterocycles. The third-order valence-corrected chi connectivity index (χ3v) is 5.97. The average molecular weight is 504 g/mol. The number of rotatable bonds is 10. The minimum absolute atomic E-state index is 0.216. The number of hydrogen-bond donors (Lipinski definition) is 2. The van der Waals surface area contributed by atoms with Gasteiger partial charge in [-0.25, -0.2) is 4.79 Å². The van der Waals surface area contributed by atoms with Crippen molar-refractivity contribution in [1.82, 2.24) is 15.5 Å². The first-order valence-corrected chi connectivity index (χ1v) is 13.2. The lowest BCUT2D eigenvalue weighted by Gasteiger charge is -2.44. The predicted octanol–water partition coefficient (Wildman–Crippen LogP) is 5.83. The van der Waals surface area contributed by atoms with Gasteiger partial charge < -0.3 is 20.3 Å². The maximum atomic E-state index is 14.2.